The summed E-state index contributed by atoms with van der Waals surface area (Å²) >= 11 is 0. The van der Waals surface area contributed by atoms with Gasteiger partial charge in [0.05, 0.1) is 0 Å². The molecule has 1 heterocycles. The number of benzene rings is 1. The van der Waals surface area contributed by atoms with Crippen molar-refractivity contribution in [3.8, 4) is 0 Å². The normalized spacial score (nSPS) is 15.5. The molecule has 0 unspecified atom stereocenters. The molecule has 1 aliphatic rings. The van der Waals surface area contributed by atoms with Crippen molar-refractivity contribution in [3.63, 3.8) is 0 Å². The van der Waals surface area contributed by atoms with Crippen LogP contribution in [0.2, 0.25) is 0 Å². The van der Waals surface area contributed by atoms with Crippen molar-refractivity contribution in [2.75, 3.05) is 26.7 Å². The van der Waals surface area contributed by atoms with E-state index in [2.05, 4.69) is 15.6 Å². The lowest BCUT2D eigenvalue weighted by molar-refractivity contribution is 0.0185. The first-order valence-corrected chi connectivity index (χ1v) is 9.85. The monoisotopic (exact) mass is 520 g/mol. The molecule has 1 amide bonds. The Kier molecular flexibility index (Phi) is 10.2. The van der Waals surface area contributed by atoms with Gasteiger partial charge in [0.15, 0.2) is 5.96 Å². The van der Waals surface area contributed by atoms with Gasteiger partial charge in [-0.25, -0.2) is 9.18 Å². The molecule has 8 heteroatoms. The van der Waals surface area contributed by atoms with Crippen molar-refractivity contribution in [1.29, 1.82) is 0 Å². The highest BCUT2D eigenvalue weighted by Crippen LogP contribution is 2.19. The molecule has 0 radical (unpaired) electrons. The topological polar surface area (TPSA) is 66.0 Å². The molecule has 2 N–H and O–H groups in total. The van der Waals surface area contributed by atoms with Gasteiger partial charge in [-0.15, -0.1) is 24.0 Å². The molecule has 1 fully saturated rings. The van der Waals surface area contributed by atoms with Crippen LogP contribution in [0.3, 0.4) is 0 Å². The third kappa shape index (κ3) is 8.76. The number of rotatable bonds is 4. The summed E-state index contributed by atoms with van der Waals surface area (Å²) in [6.45, 7) is 10.2. The minimum atomic E-state index is -0.462. The number of amides is 1. The average Bonchev–Trinajstić information content (AvgIpc) is 2.63. The second-order valence-electron chi connectivity index (χ2n) is 8.30. The van der Waals surface area contributed by atoms with Gasteiger partial charge in [0.25, 0.3) is 0 Å². The van der Waals surface area contributed by atoms with Crippen molar-refractivity contribution < 1.29 is 13.9 Å². The Morgan fingerprint density at radius 1 is 1.28 bits per heavy atom. The fourth-order valence-corrected chi connectivity index (χ4v) is 3.11. The number of piperidine rings is 1. The van der Waals surface area contributed by atoms with Gasteiger partial charge in [0.1, 0.15) is 11.4 Å². The quantitative estimate of drug-likeness (QED) is 0.357. The van der Waals surface area contributed by atoms with Crippen LogP contribution in [-0.4, -0.2) is 49.2 Å². The van der Waals surface area contributed by atoms with Gasteiger partial charge in [-0.3, -0.25) is 4.99 Å². The largest absolute Gasteiger partial charge is 0.444 e. The van der Waals surface area contributed by atoms with Crippen molar-refractivity contribution in [3.05, 3.63) is 35.1 Å². The lowest BCUT2D eigenvalue weighted by Crippen LogP contribution is -2.45. The predicted octanol–water partition coefficient (Wildman–Crippen LogP) is 4.06. The lowest BCUT2D eigenvalue weighted by Gasteiger charge is -2.33. The predicted molar refractivity (Wildman–Crippen MR) is 125 cm³/mol. The van der Waals surface area contributed by atoms with Gasteiger partial charge in [-0.2, -0.15) is 0 Å². The van der Waals surface area contributed by atoms with Gasteiger partial charge in [-0.1, -0.05) is 12.1 Å². The molecular weight excluding hydrogens is 486 g/mol. The molecule has 29 heavy (non-hydrogen) atoms. The Hall–Kier alpha value is -1.58. The van der Waals surface area contributed by atoms with Crippen LogP contribution in [0.15, 0.2) is 23.2 Å². The van der Waals surface area contributed by atoms with E-state index in [0.717, 1.165) is 30.9 Å². The van der Waals surface area contributed by atoms with E-state index in [4.69, 9.17) is 4.74 Å². The summed E-state index contributed by atoms with van der Waals surface area (Å²) in [6.07, 6.45) is 1.63. The van der Waals surface area contributed by atoms with E-state index in [0.29, 0.717) is 31.1 Å². The van der Waals surface area contributed by atoms with E-state index in [1.165, 1.54) is 6.07 Å². The summed E-state index contributed by atoms with van der Waals surface area (Å²) in [5, 5.41) is 6.60. The van der Waals surface area contributed by atoms with Gasteiger partial charge < -0.3 is 20.3 Å². The van der Waals surface area contributed by atoms with Crippen molar-refractivity contribution in [1.82, 2.24) is 15.5 Å². The number of halogens is 2. The molecule has 0 atom stereocenters. The standard InChI is InChI=1S/C21H33FN4O2.HI/c1-15-12-17(6-7-18(15)22)14-25-19(23-5)24-13-16-8-10-26(11-9-16)20(27)28-21(2,3)4;/h6-7,12,16H,8-11,13-14H2,1-5H3,(H2,23,24,25);1H. The highest BCUT2D eigenvalue weighted by atomic mass is 127. The number of aryl methyl sites for hydroxylation is 1. The molecule has 6 nitrogen and oxygen atoms in total. The maximum absolute atomic E-state index is 13.4. The van der Waals surface area contributed by atoms with E-state index in [9.17, 15) is 9.18 Å². The minimum Gasteiger partial charge on any atom is -0.444 e. The second kappa shape index (κ2) is 11.6. The molecule has 1 aromatic carbocycles. The number of carbonyl (C=O) groups excluding carboxylic acids is 1. The fraction of sp³-hybridized carbons (Fsp3) is 0.619. The number of aliphatic imine (C=N–C) groups is 1. The van der Waals surface area contributed by atoms with E-state index in [1.54, 1.807) is 24.9 Å². The third-order valence-electron chi connectivity index (χ3n) is 4.73. The van der Waals surface area contributed by atoms with E-state index >= 15 is 0 Å². The molecule has 0 aliphatic carbocycles. The first-order valence-electron chi connectivity index (χ1n) is 9.85. The molecule has 0 saturated carbocycles. The van der Waals surface area contributed by atoms with E-state index in [1.807, 2.05) is 26.8 Å². The van der Waals surface area contributed by atoms with Crippen LogP contribution in [0.1, 0.15) is 44.7 Å². The van der Waals surface area contributed by atoms with Crippen molar-refractivity contribution >= 4 is 36.0 Å². The van der Waals surface area contributed by atoms with Gasteiger partial charge in [0.2, 0.25) is 0 Å². The Morgan fingerprint density at radius 2 is 1.93 bits per heavy atom. The molecule has 0 bridgehead atoms. The summed E-state index contributed by atoms with van der Waals surface area (Å²) in [7, 11) is 1.73. The first-order chi connectivity index (χ1) is 13.2. The van der Waals surface area contributed by atoms with Crippen LogP contribution in [0, 0.1) is 18.7 Å². The van der Waals surface area contributed by atoms with Crippen LogP contribution in [0.4, 0.5) is 9.18 Å². The molecule has 164 valence electrons. The van der Waals surface area contributed by atoms with Crippen LogP contribution in [0.25, 0.3) is 0 Å². The Morgan fingerprint density at radius 3 is 2.48 bits per heavy atom. The number of guanidine groups is 1. The second-order valence-corrected chi connectivity index (χ2v) is 8.30. The number of carbonyl (C=O) groups is 1. The highest BCUT2D eigenvalue weighted by molar-refractivity contribution is 14.0. The molecule has 1 aliphatic heterocycles. The molecule has 0 aromatic heterocycles. The van der Waals surface area contributed by atoms with E-state index < -0.39 is 5.60 Å². The molecule has 0 spiro atoms. The highest BCUT2D eigenvalue weighted by Gasteiger charge is 2.26. The smallest absolute Gasteiger partial charge is 0.410 e. The van der Waals surface area contributed by atoms with Gasteiger partial charge in [-0.05, 0) is 63.6 Å². The maximum Gasteiger partial charge on any atom is 0.410 e. The summed E-state index contributed by atoms with van der Waals surface area (Å²) in [5.74, 6) is 1.01. The van der Waals surface area contributed by atoms with Crippen molar-refractivity contribution in [2.45, 2.75) is 52.7 Å². The first kappa shape index (κ1) is 25.5. The number of nitrogens with zero attached hydrogens (tertiary/aromatic N) is 2. The third-order valence-corrected chi connectivity index (χ3v) is 4.73. The zero-order valence-corrected chi connectivity index (χ0v) is 20.4. The summed E-state index contributed by atoms with van der Waals surface area (Å²) in [6, 6.07) is 5.10. The van der Waals surface area contributed by atoms with Crippen LogP contribution < -0.4 is 10.6 Å². The minimum absolute atomic E-state index is 0. The zero-order chi connectivity index (χ0) is 20.7. The number of hydrogen-bond acceptors (Lipinski definition) is 3. The lowest BCUT2D eigenvalue weighted by atomic mass is 9.97. The molecule has 1 saturated heterocycles. The van der Waals surface area contributed by atoms with Crippen LogP contribution in [0.5, 0.6) is 0 Å². The average molecular weight is 520 g/mol. The Bertz CT molecular complexity index is 698. The van der Waals surface area contributed by atoms with Gasteiger partial charge in [0, 0.05) is 33.2 Å². The van der Waals surface area contributed by atoms with Gasteiger partial charge >= 0.3 is 6.09 Å². The summed E-state index contributed by atoms with van der Waals surface area (Å²) in [5.41, 5.74) is 1.18. The fourth-order valence-electron chi connectivity index (χ4n) is 3.11. The number of nitrogens with one attached hydrogen (secondary N) is 2. The zero-order valence-electron chi connectivity index (χ0n) is 18.0. The molecule has 2 rings (SSSR count). The number of likely N-dealkylation sites (tertiary alicyclic amines) is 1. The van der Waals surface area contributed by atoms with E-state index in [-0.39, 0.29) is 35.9 Å². The maximum atomic E-state index is 13.4. The van der Waals surface area contributed by atoms with Crippen LogP contribution >= 0.6 is 24.0 Å². The number of ether oxygens (including phenoxy) is 1. The van der Waals surface area contributed by atoms with Crippen LogP contribution in [-0.2, 0) is 11.3 Å². The SMILES string of the molecule is CN=C(NCc1ccc(F)c(C)c1)NCC1CCN(C(=O)OC(C)(C)C)CC1.I. The van der Waals surface area contributed by atoms with Crippen molar-refractivity contribution in [2.24, 2.45) is 10.9 Å². The summed E-state index contributed by atoms with van der Waals surface area (Å²) in [4.78, 5) is 18.2. The molecule has 1 aromatic rings. The molecular formula is C21H34FIN4O2. The Labute approximate surface area is 190 Å². The number of hydrogen-bond donors (Lipinski definition) is 2. The summed E-state index contributed by atoms with van der Waals surface area (Å²) < 4.78 is 18.8. The Balaban J connectivity index is 0.00000420.